The Balaban J connectivity index is 0.00000364. The summed E-state index contributed by atoms with van der Waals surface area (Å²) in [6.45, 7) is 6.77. The number of carbonyl (C=O) groups is 1. The Morgan fingerprint density at radius 3 is 2.33 bits per heavy atom. The normalized spacial score (nSPS) is 11.4. The number of amides is 1. The van der Waals surface area contributed by atoms with E-state index in [-0.39, 0.29) is 24.4 Å². The van der Waals surface area contributed by atoms with Gasteiger partial charge in [-0.25, -0.2) is 0 Å². The van der Waals surface area contributed by atoms with Gasteiger partial charge in [0, 0.05) is 5.69 Å². The molecule has 2 rings (SSSR count). The molecule has 0 spiro atoms. The van der Waals surface area contributed by atoms with Crippen LogP contribution in [0.2, 0.25) is 0 Å². The van der Waals surface area contributed by atoms with E-state index in [1.54, 1.807) is 19.2 Å². The quantitative estimate of drug-likeness (QED) is 0.661. The second kappa shape index (κ2) is 10.7. The van der Waals surface area contributed by atoms with E-state index < -0.39 is 0 Å². The molecule has 0 heterocycles. The maximum absolute atomic E-state index is 12.3. The number of benzene rings is 2. The lowest BCUT2D eigenvalue weighted by Crippen LogP contribution is -2.28. The molecular weight excluding hydrogens is 364 g/mol. The van der Waals surface area contributed by atoms with Gasteiger partial charge >= 0.3 is 0 Å². The first kappa shape index (κ1) is 22.6. The fourth-order valence-corrected chi connectivity index (χ4v) is 2.53. The molecule has 6 heteroatoms. The van der Waals surface area contributed by atoms with E-state index in [4.69, 9.17) is 15.2 Å². The van der Waals surface area contributed by atoms with Crippen molar-refractivity contribution in [1.29, 1.82) is 0 Å². The Morgan fingerprint density at radius 1 is 1.07 bits per heavy atom. The predicted octanol–water partition coefficient (Wildman–Crippen LogP) is 4.15. The van der Waals surface area contributed by atoms with Crippen molar-refractivity contribution < 1.29 is 14.3 Å². The van der Waals surface area contributed by atoms with Gasteiger partial charge in [-0.2, -0.15) is 0 Å². The summed E-state index contributed by atoms with van der Waals surface area (Å²) in [5.41, 5.74) is 8.25. The molecule has 2 aromatic rings. The summed E-state index contributed by atoms with van der Waals surface area (Å²) >= 11 is 0. The summed E-state index contributed by atoms with van der Waals surface area (Å²) in [5, 5.41) is 3.01. The molecule has 148 valence electrons. The van der Waals surface area contributed by atoms with Crippen molar-refractivity contribution in [2.24, 2.45) is 5.92 Å². The summed E-state index contributed by atoms with van der Waals surface area (Å²) in [7, 11) is 1.62. The summed E-state index contributed by atoms with van der Waals surface area (Å²) in [6, 6.07) is 12.9. The minimum absolute atomic E-state index is 0. The molecule has 0 saturated carbocycles. The first-order valence-corrected chi connectivity index (χ1v) is 8.83. The molecule has 0 radical (unpaired) electrons. The number of halogens is 1. The van der Waals surface area contributed by atoms with Gasteiger partial charge in [-0.15, -0.1) is 12.4 Å². The second-order valence-electron chi connectivity index (χ2n) is 6.82. The van der Waals surface area contributed by atoms with Crippen LogP contribution in [0.5, 0.6) is 11.5 Å². The van der Waals surface area contributed by atoms with E-state index in [2.05, 4.69) is 19.2 Å². The van der Waals surface area contributed by atoms with Crippen molar-refractivity contribution in [2.75, 3.05) is 19.5 Å². The van der Waals surface area contributed by atoms with E-state index in [9.17, 15) is 4.79 Å². The Kier molecular flexibility index (Phi) is 8.95. The average Bonchev–Trinajstić information content (AvgIpc) is 2.61. The summed E-state index contributed by atoms with van der Waals surface area (Å²) in [4.78, 5) is 12.3. The third kappa shape index (κ3) is 7.02. The Hall–Kier alpha value is -2.40. The molecule has 0 aliphatic rings. The highest BCUT2D eigenvalue weighted by molar-refractivity contribution is 5.85. The number of carbonyl (C=O) groups excluding carboxylic acids is 1. The maximum atomic E-state index is 12.3. The third-order valence-electron chi connectivity index (χ3n) is 3.98. The summed E-state index contributed by atoms with van der Waals surface area (Å²) in [5.74, 6) is 1.78. The largest absolute Gasteiger partial charge is 0.493 e. The van der Waals surface area contributed by atoms with E-state index >= 15 is 0 Å². The molecule has 0 saturated heterocycles. The smallest absolute Gasteiger partial charge is 0.224 e. The number of nitrogen functional groups attached to an aromatic ring is 1. The lowest BCUT2D eigenvalue weighted by molar-refractivity contribution is -0.121. The zero-order chi connectivity index (χ0) is 19.1. The minimum Gasteiger partial charge on any atom is -0.493 e. The van der Waals surface area contributed by atoms with Crippen molar-refractivity contribution in [3.8, 4) is 11.5 Å². The van der Waals surface area contributed by atoms with Gasteiger partial charge in [0.15, 0.2) is 11.5 Å². The fraction of sp³-hybridized carbons (Fsp3) is 0.381. The summed E-state index contributed by atoms with van der Waals surface area (Å²) in [6.07, 6.45) is 0.317. The molecule has 0 aliphatic carbocycles. The van der Waals surface area contributed by atoms with Crippen molar-refractivity contribution in [3.63, 3.8) is 0 Å². The molecule has 1 atom stereocenters. The van der Waals surface area contributed by atoms with Crippen LogP contribution in [-0.2, 0) is 11.2 Å². The number of nitrogens with two attached hydrogens (primary N) is 1. The average molecular weight is 393 g/mol. The van der Waals surface area contributed by atoms with Crippen LogP contribution >= 0.6 is 12.4 Å². The standard InChI is InChI=1S/C21H28N2O3.ClH/c1-14(2)13-26-19-10-7-17(12-20(19)25-4)15(3)23-21(24)11-16-5-8-18(22)9-6-16;/h5-10,12,14-15H,11,13,22H2,1-4H3,(H,23,24);1H. The molecule has 1 amide bonds. The Morgan fingerprint density at radius 2 is 1.74 bits per heavy atom. The number of hydrogen-bond acceptors (Lipinski definition) is 4. The molecule has 5 nitrogen and oxygen atoms in total. The Labute approximate surface area is 167 Å². The molecule has 27 heavy (non-hydrogen) atoms. The lowest BCUT2D eigenvalue weighted by Gasteiger charge is -2.18. The number of nitrogens with one attached hydrogen (secondary N) is 1. The van der Waals surface area contributed by atoms with Gasteiger partial charge in [0.2, 0.25) is 5.91 Å². The number of ether oxygens (including phenoxy) is 2. The monoisotopic (exact) mass is 392 g/mol. The molecule has 0 bridgehead atoms. The van der Waals surface area contributed by atoms with E-state index in [0.29, 0.717) is 36.1 Å². The van der Waals surface area contributed by atoms with Crippen molar-refractivity contribution in [1.82, 2.24) is 5.32 Å². The topological polar surface area (TPSA) is 73.6 Å². The van der Waals surface area contributed by atoms with Crippen molar-refractivity contribution >= 4 is 24.0 Å². The van der Waals surface area contributed by atoms with Crippen molar-refractivity contribution in [2.45, 2.75) is 33.2 Å². The van der Waals surface area contributed by atoms with Crippen LogP contribution in [0.4, 0.5) is 5.69 Å². The SMILES string of the molecule is COc1cc(C(C)NC(=O)Cc2ccc(N)cc2)ccc1OCC(C)C.Cl. The first-order chi connectivity index (χ1) is 12.4. The zero-order valence-electron chi connectivity index (χ0n) is 16.3. The second-order valence-corrected chi connectivity index (χ2v) is 6.82. The van der Waals surface area contributed by atoms with Crippen LogP contribution < -0.4 is 20.5 Å². The van der Waals surface area contributed by atoms with Gasteiger partial charge in [0.25, 0.3) is 0 Å². The number of anilines is 1. The first-order valence-electron chi connectivity index (χ1n) is 8.83. The van der Waals surface area contributed by atoms with Crippen molar-refractivity contribution in [3.05, 3.63) is 53.6 Å². The van der Waals surface area contributed by atoms with E-state index in [1.807, 2.05) is 37.3 Å². The molecule has 3 N–H and O–H groups in total. The highest BCUT2D eigenvalue weighted by Crippen LogP contribution is 2.30. The highest BCUT2D eigenvalue weighted by atomic mass is 35.5. The van der Waals surface area contributed by atoms with Gasteiger partial charge in [-0.05, 0) is 48.2 Å². The predicted molar refractivity (Wildman–Crippen MR) is 112 cm³/mol. The van der Waals surface area contributed by atoms with Gasteiger partial charge in [-0.3, -0.25) is 4.79 Å². The number of rotatable bonds is 8. The van der Waals surface area contributed by atoms with E-state index in [1.165, 1.54) is 0 Å². The van der Waals surface area contributed by atoms with Crippen LogP contribution in [0.3, 0.4) is 0 Å². The fourth-order valence-electron chi connectivity index (χ4n) is 2.53. The van der Waals surface area contributed by atoms with Crippen LogP contribution in [0.1, 0.15) is 37.9 Å². The minimum atomic E-state index is -0.135. The lowest BCUT2D eigenvalue weighted by atomic mass is 10.1. The van der Waals surface area contributed by atoms with Crippen LogP contribution in [-0.4, -0.2) is 19.6 Å². The van der Waals surface area contributed by atoms with Gasteiger partial charge < -0.3 is 20.5 Å². The van der Waals surface area contributed by atoms with Gasteiger partial charge in [-0.1, -0.05) is 32.0 Å². The van der Waals surface area contributed by atoms with Crippen LogP contribution in [0.25, 0.3) is 0 Å². The van der Waals surface area contributed by atoms with Crippen LogP contribution in [0, 0.1) is 5.92 Å². The highest BCUT2D eigenvalue weighted by Gasteiger charge is 2.14. The van der Waals surface area contributed by atoms with Crippen LogP contribution in [0.15, 0.2) is 42.5 Å². The molecule has 0 fully saturated rings. The summed E-state index contributed by atoms with van der Waals surface area (Å²) < 4.78 is 11.2. The van der Waals surface area contributed by atoms with Gasteiger partial charge in [0.1, 0.15) is 0 Å². The molecule has 0 aliphatic heterocycles. The zero-order valence-corrected chi connectivity index (χ0v) is 17.1. The molecule has 0 aromatic heterocycles. The van der Waals surface area contributed by atoms with E-state index in [0.717, 1.165) is 11.1 Å². The Bertz CT molecular complexity index is 733. The number of hydrogen-bond donors (Lipinski definition) is 2. The molecular formula is C21H29ClN2O3. The molecule has 2 aromatic carbocycles. The maximum Gasteiger partial charge on any atom is 0.224 e. The molecule has 1 unspecified atom stereocenters. The van der Waals surface area contributed by atoms with Gasteiger partial charge in [0.05, 0.1) is 26.2 Å². The third-order valence-corrected chi connectivity index (χ3v) is 3.98. The number of methoxy groups -OCH3 is 1.